The third-order valence-corrected chi connectivity index (χ3v) is 4.83. The van der Waals surface area contributed by atoms with Crippen LogP contribution in [0, 0.1) is 0 Å². The number of nitrogens with one attached hydrogen (secondary N) is 1. The molecule has 0 spiro atoms. The zero-order valence-electron chi connectivity index (χ0n) is 12.1. The van der Waals surface area contributed by atoms with Gasteiger partial charge in [-0.05, 0) is 24.0 Å². The normalized spacial score (nSPS) is 11.7. The summed E-state index contributed by atoms with van der Waals surface area (Å²) in [5, 5.41) is 11.8. The van der Waals surface area contributed by atoms with Crippen molar-refractivity contribution >= 4 is 68.8 Å². The predicted octanol–water partition coefficient (Wildman–Crippen LogP) is 7.66. The van der Waals surface area contributed by atoms with Crippen LogP contribution in [0.2, 0.25) is 15.1 Å². The molecule has 0 aliphatic carbocycles. The average molecular weight is 385 g/mol. The second-order valence-corrected chi connectivity index (χ2v) is 7.22. The lowest BCUT2D eigenvalue weighted by Gasteiger charge is -2.01. The molecule has 0 aliphatic heterocycles. The summed E-state index contributed by atoms with van der Waals surface area (Å²) in [6.45, 7) is 2.09. The van der Waals surface area contributed by atoms with E-state index in [2.05, 4.69) is 22.1 Å². The number of fused-ring (bicyclic) bond motifs is 1. The molecule has 1 aromatic heterocycles. The van der Waals surface area contributed by atoms with Gasteiger partial charge in [-0.25, -0.2) is 0 Å². The van der Waals surface area contributed by atoms with Gasteiger partial charge in [0.05, 0.1) is 10.0 Å². The maximum Gasteiger partial charge on any atom is 0.125 e. The van der Waals surface area contributed by atoms with Gasteiger partial charge in [-0.15, -0.1) is 22.0 Å². The Labute approximate surface area is 153 Å². The Kier molecular flexibility index (Phi) is 5.17. The van der Waals surface area contributed by atoms with E-state index in [-0.39, 0.29) is 0 Å². The lowest BCUT2D eigenvalue weighted by atomic mass is 10.2. The Bertz CT molecular complexity index is 866. The molecule has 1 N–H and O–H groups in total. The largest absolute Gasteiger partial charge is 0.348 e. The smallest absolute Gasteiger partial charge is 0.125 e. The van der Waals surface area contributed by atoms with E-state index in [1.807, 2.05) is 24.3 Å². The maximum absolute atomic E-state index is 6.16. The number of benzene rings is 2. The van der Waals surface area contributed by atoms with Gasteiger partial charge in [0.1, 0.15) is 16.4 Å². The molecule has 0 saturated carbocycles. The van der Waals surface area contributed by atoms with Gasteiger partial charge in [-0.2, -0.15) is 0 Å². The first kappa shape index (κ1) is 16.7. The number of halogens is 3. The number of rotatable bonds is 4. The van der Waals surface area contributed by atoms with E-state index < -0.39 is 0 Å². The van der Waals surface area contributed by atoms with E-state index in [1.165, 1.54) is 0 Å². The Morgan fingerprint density at radius 2 is 1.65 bits per heavy atom. The fraction of sp³-hybridized carbons (Fsp3) is 0.125. The highest BCUT2D eigenvalue weighted by Crippen LogP contribution is 2.40. The summed E-state index contributed by atoms with van der Waals surface area (Å²) in [4.78, 5) is 3.36. The minimum absolute atomic E-state index is 0.371. The Morgan fingerprint density at radius 1 is 1.00 bits per heavy atom. The number of aromatic nitrogens is 1. The molecule has 1 heterocycles. The van der Waals surface area contributed by atoms with Crippen LogP contribution in [0.4, 0.5) is 11.4 Å². The maximum atomic E-state index is 6.16. The van der Waals surface area contributed by atoms with Crippen LogP contribution in [0.25, 0.3) is 10.9 Å². The molecule has 7 heteroatoms. The lowest BCUT2D eigenvalue weighted by Crippen LogP contribution is -1.74. The molecule has 0 atom stereocenters. The van der Waals surface area contributed by atoms with Gasteiger partial charge in [0, 0.05) is 15.9 Å². The summed E-state index contributed by atoms with van der Waals surface area (Å²) in [6, 6.07) is 11.2. The fourth-order valence-corrected chi connectivity index (χ4v) is 3.83. The number of aromatic amines is 1. The van der Waals surface area contributed by atoms with Crippen molar-refractivity contribution in [1.29, 1.82) is 0 Å². The molecule has 0 radical (unpaired) electrons. The minimum atomic E-state index is 0.371. The number of hydrogen-bond donors (Lipinski definition) is 1. The van der Waals surface area contributed by atoms with Crippen molar-refractivity contribution in [1.82, 2.24) is 4.98 Å². The summed E-state index contributed by atoms with van der Waals surface area (Å²) >= 11 is 19.9. The summed E-state index contributed by atoms with van der Waals surface area (Å²) < 4.78 is 0. The van der Waals surface area contributed by atoms with Gasteiger partial charge in [0.2, 0.25) is 0 Å². The molecule has 0 fully saturated rings. The topological polar surface area (TPSA) is 40.5 Å². The van der Waals surface area contributed by atoms with E-state index in [9.17, 15) is 0 Å². The summed E-state index contributed by atoms with van der Waals surface area (Å²) in [5.74, 6) is 0.928. The molecule has 3 nitrogen and oxygen atoms in total. The minimum Gasteiger partial charge on any atom is -0.348 e. The molecule has 0 unspecified atom stereocenters. The highest BCUT2D eigenvalue weighted by Gasteiger charge is 2.12. The van der Waals surface area contributed by atoms with Gasteiger partial charge in [0.25, 0.3) is 0 Å². The Morgan fingerprint density at radius 3 is 2.35 bits per heavy atom. The van der Waals surface area contributed by atoms with Gasteiger partial charge in [-0.1, -0.05) is 59.9 Å². The third-order valence-electron chi connectivity index (χ3n) is 3.17. The van der Waals surface area contributed by atoms with Crippen molar-refractivity contribution in [3.05, 3.63) is 51.5 Å². The molecule has 118 valence electrons. The highest BCUT2D eigenvalue weighted by atomic mass is 35.5. The van der Waals surface area contributed by atoms with Crippen molar-refractivity contribution in [2.45, 2.75) is 11.9 Å². The quantitative estimate of drug-likeness (QED) is 0.364. The Balaban J connectivity index is 2.09. The van der Waals surface area contributed by atoms with Gasteiger partial charge in [-0.3, -0.25) is 0 Å². The molecule has 23 heavy (non-hydrogen) atoms. The fourth-order valence-electron chi connectivity index (χ4n) is 2.18. The highest BCUT2D eigenvalue weighted by molar-refractivity contribution is 7.99. The first-order valence-corrected chi connectivity index (χ1v) is 9.02. The molecule has 0 saturated heterocycles. The van der Waals surface area contributed by atoms with E-state index in [0.29, 0.717) is 20.8 Å². The zero-order chi connectivity index (χ0) is 16.4. The van der Waals surface area contributed by atoms with Crippen LogP contribution in [0.1, 0.15) is 6.92 Å². The summed E-state index contributed by atoms with van der Waals surface area (Å²) in [7, 11) is 0. The monoisotopic (exact) mass is 383 g/mol. The molecular weight excluding hydrogens is 373 g/mol. The molecule has 0 bridgehead atoms. The lowest BCUT2D eigenvalue weighted by molar-refractivity contribution is 1.16. The van der Waals surface area contributed by atoms with Crippen LogP contribution in [0.5, 0.6) is 0 Å². The molecule has 3 rings (SSSR count). The first-order chi connectivity index (χ1) is 11.1. The van der Waals surface area contributed by atoms with Crippen molar-refractivity contribution in [2.75, 3.05) is 5.75 Å². The van der Waals surface area contributed by atoms with E-state index >= 15 is 0 Å². The van der Waals surface area contributed by atoms with Crippen LogP contribution < -0.4 is 0 Å². The van der Waals surface area contributed by atoms with Crippen LogP contribution in [0.3, 0.4) is 0 Å². The van der Waals surface area contributed by atoms with Crippen LogP contribution in [-0.2, 0) is 0 Å². The van der Waals surface area contributed by atoms with Crippen molar-refractivity contribution < 1.29 is 0 Å². The van der Waals surface area contributed by atoms with E-state index in [0.717, 1.165) is 27.4 Å². The van der Waals surface area contributed by atoms with Crippen LogP contribution >= 0.6 is 46.6 Å². The van der Waals surface area contributed by atoms with Gasteiger partial charge in [0.15, 0.2) is 0 Å². The number of nitrogens with zero attached hydrogens (tertiary/aromatic N) is 2. The average Bonchev–Trinajstić information content (AvgIpc) is 2.84. The molecule has 2 aromatic carbocycles. The second-order valence-electron chi connectivity index (χ2n) is 4.70. The summed E-state index contributed by atoms with van der Waals surface area (Å²) in [5.41, 5.74) is 2.22. The first-order valence-electron chi connectivity index (χ1n) is 6.90. The predicted molar refractivity (Wildman–Crippen MR) is 100 cm³/mol. The van der Waals surface area contributed by atoms with Crippen molar-refractivity contribution in [2.24, 2.45) is 10.2 Å². The third kappa shape index (κ3) is 3.50. The van der Waals surface area contributed by atoms with Crippen molar-refractivity contribution in [3.8, 4) is 0 Å². The summed E-state index contributed by atoms with van der Waals surface area (Å²) in [6.07, 6.45) is 0. The van der Waals surface area contributed by atoms with E-state index in [1.54, 1.807) is 23.9 Å². The molecule has 0 aliphatic rings. The van der Waals surface area contributed by atoms with E-state index in [4.69, 9.17) is 34.8 Å². The van der Waals surface area contributed by atoms with Crippen LogP contribution in [0.15, 0.2) is 51.7 Å². The number of H-pyrrole nitrogens is 1. The zero-order valence-corrected chi connectivity index (χ0v) is 15.2. The van der Waals surface area contributed by atoms with Gasteiger partial charge >= 0.3 is 0 Å². The SMILES string of the molecule is CCSc1[nH]c2ccccc2c1N=Nc1c(Cl)cc(Cl)cc1Cl. The van der Waals surface area contributed by atoms with Gasteiger partial charge < -0.3 is 4.98 Å². The number of hydrogen-bond acceptors (Lipinski definition) is 3. The molecule has 0 amide bonds. The standard InChI is InChI=1S/C16H12Cl3N3S/c1-2-23-16-14(10-5-3-4-6-13(10)20-16)21-22-15-11(18)7-9(17)8-12(15)19/h3-8,20H,2H2,1H3. The van der Waals surface area contributed by atoms with Crippen LogP contribution in [-0.4, -0.2) is 10.7 Å². The molecular formula is C16H12Cl3N3S. The second kappa shape index (κ2) is 7.14. The number of azo groups is 1. The Hall–Kier alpha value is -1.20. The number of thioether (sulfide) groups is 1. The van der Waals surface area contributed by atoms with Crippen molar-refractivity contribution in [3.63, 3.8) is 0 Å². The molecule has 3 aromatic rings. The number of para-hydroxylation sites is 1.